The van der Waals surface area contributed by atoms with Crippen molar-refractivity contribution < 1.29 is 28.6 Å². The molecule has 9 heteroatoms. The standard InChI is InChI=1S/C23H23BrN2O6/c1-4-30-19-13-15(12-18(24)20(19)32-14(3)23(29)31-5-2)11-17-21(27)25-26(22(17)28)16-9-7-6-8-10-16/h6-14H,4-5H2,1-3H3,(H,25,27)/b17-11-/t14-/m0/s1. The second-order valence-corrected chi connectivity index (χ2v) is 7.60. The molecule has 2 aromatic rings. The van der Waals surface area contributed by atoms with E-state index in [2.05, 4.69) is 21.4 Å². The molecule has 2 aromatic carbocycles. The smallest absolute Gasteiger partial charge is 0.347 e. The molecule has 3 rings (SSSR count). The molecule has 1 saturated heterocycles. The van der Waals surface area contributed by atoms with E-state index < -0.39 is 23.9 Å². The van der Waals surface area contributed by atoms with E-state index in [1.54, 1.807) is 50.2 Å². The van der Waals surface area contributed by atoms with Gasteiger partial charge in [0.25, 0.3) is 11.8 Å². The zero-order valence-corrected chi connectivity index (χ0v) is 19.5. The van der Waals surface area contributed by atoms with Gasteiger partial charge in [0, 0.05) is 0 Å². The lowest BCUT2D eigenvalue weighted by molar-refractivity contribution is -0.150. The lowest BCUT2D eigenvalue weighted by atomic mass is 10.1. The fourth-order valence-electron chi connectivity index (χ4n) is 3.02. The van der Waals surface area contributed by atoms with Crippen molar-refractivity contribution >= 4 is 45.5 Å². The molecule has 1 aliphatic heterocycles. The molecular formula is C23H23BrN2O6. The van der Waals surface area contributed by atoms with Gasteiger partial charge in [-0.1, -0.05) is 18.2 Å². The molecule has 0 spiro atoms. The number of hydrogen-bond donors (Lipinski definition) is 1. The number of carbonyl (C=O) groups excluding carboxylic acids is 3. The highest BCUT2D eigenvalue weighted by Crippen LogP contribution is 2.38. The average molecular weight is 503 g/mol. The number of carbonyl (C=O) groups is 3. The Labute approximate surface area is 194 Å². The molecule has 1 heterocycles. The van der Waals surface area contributed by atoms with E-state index in [-0.39, 0.29) is 12.2 Å². The number of hydrogen-bond acceptors (Lipinski definition) is 6. The summed E-state index contributed by atoms with van der Waals surface area (Å²) in [5.74, 6) is -0.795. The van der Waals surface area contributed by atoms with Crippen LogP contribution in [0.15, 0.2) is 52.5 Å². The molecule has 2 amide bonds. The summed E-state index contributed by atoms with van der Waals surface area (Å²) in [6, 6.07) is 12.1. The van der Waals surface area contributed by atoms with E-state index >= 15 is 0 Å². The van der Waals surface area contributed by atoms with Gasteiger partial charge in [-0.25, -0.2) is 9.80 Å². The molecule has 0 aromatic heterocycles. The largest absolute Gasteiger partial charge is 0.490 e. The third-order valence-electron chi connectivity index (χ3n) is 4.46. The first-order valence-corrected chi connectivity index (χ1v) is 10.9. The minimum atomic E-state index is -0.851. The van der Waals surface area contributed by atoms with E-state index in [9.17, 15) is 14.4 Å². The second kappa shape index (κ2) is 10.3. The van der Waals surface area contributed by atoms with Crippen molar-refractivity contribution in [3.8, 4) is 11.5 Å². The number of rotatable bonds is 8. The second-order valence-electron chi connectivity index (χ2n) is 6.75. The quantitative estimate of drug-likeness (QED) is 0.336. The lowest BCUT2D eigenvalue weighted by Crippen LogP contribution is -2.35. The van der Waals surface area contributed by atoms with E-state index in [0.29, 0.717) is 33.8 Å². The molecule has 0 bridgehead atoms. The SMILES string of the molecule is CCOC(=O)[C@H](C)Oc1c(Br)cc(/C=C2/C(=O)NN(c3ccccc3)C2=O)cc1OCC. The predicted octanol–water partition coefficient (Wildman–Crippen LogP) is 3.64. The topological polar surface area (TPSA) is 94.2 Å². The molecule has 8 nitrogen and oxygen atoms in total. The minimum Gasteiger partial charge on any atom is -0.490 e. The van der Waals surface area contributed by atoms with Crippen molar-refractivity contribution in [3.63, 3.8) is 0 Å². The van der Waals surface area contributed by atoms with Crippen LogP contribution in [0, 0.1) is 0 Å². The average Bonchev–Trinajstić information content (AvgIpc) is 3.05. The molecule has 0 radical (unpaired) electrons. The Balaban J connectivity index is 1.91. The highest BCUT2D eigenvalue weighted by atomic mass is 79.9. The molecule has 1 fully saturated rings. The number of anilines is 1. The van der Waals surface area contributed by atoms with Crippen molar-refractivity contribution in [1.82, 2.24) is 5.43 Å². The van der Waals surface area contributed by atoms with Crippen molar-refractivity contribution in [1.29, 1.82) is 0 Å². The Bertz CT molecular complexity index is 1050. The van der Waals surface area contributed by atoms with Gasteiger partial charge in [-0.15, -0.1) is 0 Å². The zero-order valence-electron chi connectivity index (χ0n) is 17.9. The predicted molar refractivity (Wildman–Crippen MR) is 122 cm³/mol. The summed E-state index contributed by atoms with van der Waals surface area (Å²) in [5.41, 5.74) is 3.65. The molecule has 32 heavy (non-hydrogen) atoms. The summed E-state index contributed by atoms with van der Waals surface area (Å²) >= 11 is 3.43. The number of esters is 1. The molecule has 168 valence electrons. The Morgan fingerprint density at radius 2 is 1.88 bits per heavy atom. The van der Waals surface area contributed by atoms with Crippen molar-refractivity contribution in [2.75, 3.05) is 18.2 Å². The van der Waals surface area contributed by atoms with Crippen LogP contribution in [0.2, 0.25) is 0 Å². The number of nitrogens with one attached hydrogen (secondary N) is 1. The van der Waals surface area contributed by atoms with E-state index in [1.165, 1.54) is 11.1 Å². The molecule has 1 N–H and O–H groups in total. The van der Waals surface area contributed by atoms with Crippen molar-refractivity contribution in [3.05, 3.63) is 58.1 Å². The molecule has 1 atom stereocenters. The van der Waals surface area contributed by atoms with Gasteiger partial charge in [0.05, 0.1) is 23.4 Å². The van der Waals surface area contributed by atoms with Crippen molar-refractivity contribution in [2.24, 2.45) is 0 Å². The summed E-state index contributed by atoms with van der Waals surface area (Å²) in [4.78, 5) is 37.2. The van der Waals surface area contributed by atoms with Gasteiger partial charge in [0.2, 0.25) is 0 Å². The number of hydrazine groups is 1. The molecule has 0 aliphatic carbocycles. The molecule has 0 unspecified atom stereocenters. The summed E-state index contributed by atoms with van der Waals surface area (Å²) < 4.78 is 16.9. The highest BCUT2D eigenvalue weighted by molar-refractivity contribution is 9.10. The Morgan fingerprint density at radius 3 is 2.53 bits per heavy atom. The van der Waals surface area contributed by atoms with Crippen LogP contribution in [0.4, 0.5) is 5.69 Å². The maximum absolute atomic E-state index is 12.8. The number of halogens is 1. The van der Waals surface area contributed by atoms with Crippen molar-refractivity contribution in [2.45, 2.75) is 26.9 Å². The third kappa shape index (κ3) is 5.11. The fraction of sp³-hybridized carbons (Fsp3) is 0.261. The van der Waals surface area contributed by atoms with Gasteiger partial charge in [-0.3, -0.25) is 15.0 Å². The summed E-state index contributed by atoms with van der Waals surface area (Å²) in [6.07, 6.45) is 0.628. The molecular weight excluding hydrogens is 480 g/mol. The Kier molecular flexibility index (Phi) is 7.53. The Morgan fingerprint density at radius 1 is 1.16 bits per heavy atom. The summed E-state index contributed by atoms with van der Waals surface area (Å²) in [7, 11) is 0. The monoisotopic (exact) mass is 502 g/mol. The van der Waals surface area contributed by atoms with Crippen LogP contribution in [0.25, 0.3) is 6.08 Å². The maximum Gasteiger partial charge on any atom is 0.347 e. The number of ether oxygens (including phenoxy) is 3. The molecule has 1 aliphatic rings. The minimum absolute atomic E-state index is 0.0169. The Hall–Kier alpha value is -3.33. The van der Waals surface area contributed by atoms with Gasteiger partial charge >= 0.3 is 5.97 Å². The third-order valence-corrected chi connectivity index (χ3v) is 5.05. The van der Waals surface area contributed by atoms with Gasteiger partial charge in [-0.05, 0) is 72.6 Å². The van der Waals surface area contributed by atoms with E-state index in [4.69, 9.17) is 14.2 Å². The normalized spacial score (nSPS) is 15.5. The first-order chi connectivity index (χ1) is 15.3. The first kappa shape index (κ1) is 23.3. The van der Waals surface area contributed by atoms with Gasteiger partial charge in [0.15, 0.2) is 17.6 Å². The van der Waals surface area contributed by atoms with Gasteiger partial charge < -0.3 is 14.2 Å². The van der Waals surface area contributed by atoms with Crippen LogP contribution in [0.3, 0.4) is 0 Å². The first-order valence-electron chi connectivity index (χ1n) is 10.1. The fourth-order valence-corrected chi connectivity index (χ4v) is 3.57. The zero-order chi connectivity index (χ0) is 23.3. The van der Waals surface area contributed by atoms with Crippen LogP contribution in [-0.4, -0.2) is 37.1 Å². The van der Waals surface area contributed by atoms with E-state index in [0.717, 1.165) is 0 Å². The van der Waals surface area contributed by atoms with E-state index in [1.807, 2.05) is 13.0 Å². The summed E-state index contributed by atoms with van der Waals surface area (Å²) in [5, 5.41) is 1.20. The highest BCUT2D eigenvalue weighted by Gasteiger charge is 2.34. The number of amides is 2. The van der Waals surface area contributed by atoms with Crippen LogP contribution in [-0.2, 0) is 19.1 Å². The molecule has 0 saturated carbocycles. The van der Waals surface area contributed by atoms with Crippen LogP contribution < -0.4 is 19.9 Å². The van der Waals surface area contributed by atoms with Gasteiger partial charge in [-0.2, -0.15) is 0 Å². The van der Waals surface area contributed by atoms with Crippen LogP contribution >= 0.6 is 15.9 Å². The maximum atomic E-state index is 12.8. The number of para-hydroxylation sites is 1. The van der Waals surface area contributed by atoms with Crippen LogP contribution in [0.5, 0.6) is 11.5 Å². The number of benzene rings is 2. The van der Waals surface area contributed by atoms with Gasteiger partial charge in [0.1, 0.15) is 5.57 Å². The lowest BCUT2D eigenvalue weighted by Gasteiger charge is -2.18. The van der Waals surface area contributed by atoms with Crippen LogP contribution in [0.1, 0.15) is 26.3 Å². The number of nitrogens with zero attached hydrogens (tertiary/aromatic N) is 1. The summed E-state index contributed by atoms with van der Waals surface area (Å²) in [6.45, 7) is 5.69.